The Hall–Kier alpha value is -2.65. The van der Waals surface area contributed by atoms with E-state index in [0.717, 1.165) is 26.2 Å². The van der Waals surface area contributed by atoms with E-state index >= 15 is 4.39 Å². The summed E-state index contributed by atoms with van der Waals surface area (Å²) < 4.78 is 26.5. The molecule has 9 heteroatoms. The number of anilines is 4. The number of para-hydroxylation sites is 1. The third-order valence-corrected chi connectivity index (χ3v) is 6.44. The summed E-state index contributed by atoms with van der Waals surface area (Å²) in [5.41, 5.74) is 2.55. The molecule has 2 aromatic rings. The number of ether oxygens (including phenoxy) is 2. The van der Waals surface area contributed by atoms with Crippen molar-refractivity contribution in [2.75, 3.05) is 98.4 Å². The monoisotopic (exact) mass is 442 g/mol. The predicted octanol–water partition coefficient (Wildman–Crippen LogP) is 1.92. The summed E-state index contributed by atoms with van der Waals surface area (Å²) in [5, 5.41) is 0. The maximum absolute atomic E-state index is 15.6. The first-order valence-corrected chi connectivity index (χ1v) is 11.5. The zero-order chi connectivity index (χ0) is 21.9. The Morgan fingerprint density at radius 2 is 1.19 bits per heavy atom. The van der Waals surface area contributed by atoms with E-state index in [1.54, 1.807) is 0 Å². The van der Waals surface area contributed by atoms with Gasteiger partial charge in [0.2, 0.25) is 11.8 Å². The molecule has 3 saturated heterocycles. The van der Waals surface area contributed by atoms with Gasteiger partial charge >= 0.3 is 0 Å². The molecule has 3 aliphatic heterocycles. The highest BCUT2D eigenvalue weighted by atomic mass is 19.1. The van der Waals surface area contributed by atoms with Crippen LogP contribution >= 0.6 is 0 Å². The quantitative estimate of drug-likeness (QED) is 0.712. The number of aromatic nitrogens is 2. The number of rotatable bonds is 4. The first kappa shape index (κ1) is 21.2. The molecule has 0 radical (unpaired) electrons. The summed E-state index contributed by atoms with van der Waals surface area (Å²) in [6.45, 7) is 10.4. The summed E-state index contributed by atoms with van der Waals surface area (Å²) >= 11 is 0. The number of morpholine rings is 2. The SMILES string of the molecule is Cc1ccccc1N1CCN(c2nc(N3CCOCC3)c(F)c(N3CCOCC3)n2)CC1. The van der Waals surface area contributed by atoms with Gasteiger partial charge < -0.3 is 29.1 Å². The molecule has 5 rings (SSSR count). The van der Waals surface area contributed by atoms with Crippen LogP contribution in [0.2, 0.25) is 0 Å². The molecule has 0 saturated carbocycles. The molecule has 0 N–H and O–H groups in total. The standard InChI is InChI=1S/C23H31FN6O2/c1-18-4-2-3-5-19(18)27-6-8-30(9-7-27)23-25-21(28-10-14-31-15-11-28)20(24)22(26-23)29-12-16-32-17-13-29/h2-5H,6-17H2,1H3. The summed E-state index contributed by atoms with van der Waals surface area (Å²) in [5.74, 6) is 1.05. The van der Waals surface area contributed by atoms with Crippen molar-refractivity contribution in [1.82, 2.24) is 9.97 Å². The fourth-order valence-corrected chi connectivity index (χ4v) is 4.59. The van der Waals surface area contributed by atoms with Gasteiger partial charge in [-0.25, -0.2) is 0 Å². The third-order valence-electron chi connectivity index (χ3n) is 6.44. The van der Waals surface area contributed by atoms with E-state index in [0.29, 0.717) is 70.2 Å². The Labute approximate surface area is 188 Å². The van der Waals surface area contributed by atoms with Gasteiger partial charge in [-0.2, -0.15) is 14.4 Å². The lowest BCUT2D eigenvalue weighted by atomic mass is 10.1. The van der Waals surface area contributed by atoms with Crippen molar-refractivity contribution >= 4 is 23.3 Å². The lowest BCUT2D eigenvalue weighted by Gasteiger charge is -2.38. The lowest BCUT2D eigenvalue weighted by Crippen LogP contribution is -2.48. The smallest absolute Gasteiger partial charge is 0.229 e. The molecule has 0 atom stereocenters. The molecule has 1 aromatic carbocycles. The number of halogens is 1. The van der Waals surface area contributed by atoms with Crippen molar-refractivity contribution in [3.63, 3.8) is 0 Å². The topological polar surface area (TPSA) is 57.2 Å². The molecular weight excluding hydrogens is 411 g/mol. The van der Waals surface area contributed by atoms with Gasteiger partial charge in [-0.3, -0.25) is 0 Å². The van der Waals surface area contributed by atoms with Crippen molar-refractivity contribution in [2.24, 2.45) is 0 Å². The van der Waals surface area contributed by atoms with E-state index in [1.807, 2.05) is 9.80 Å². The average molecular weight is 443 g/mol. The van der Waals surface area contributed by atoms with Crippen LogP contribution in [0.4, 0.5) is 27.7 Å². The minimum absolute atomic E-state index is 0.337. The van der Waals surface area contributed by atoms with Crippen LogP contribution in [0.5, 0.6) is 0 Å². The van der Waals surface area contributed by atoms with Crippen LogP contribution in [-0.2, 0) is 9.47 Å². The van der Waals surface area contributed by atoms with Crippen molar-refractivity contribution in [3.8, 4) is 0 Å². The predicted molar refractivity (Wildman–Crippen MR) is 124 cm³/mol. The Bertz CT molecular complexity index is 885. The first-order chi connectivity index (χ1) is 15.7. The second-order valence-electron chi connectivity index (χ2n) is 8.44. The average Bonchev–Trinajstić information content (AvgIpc) is 2.86. The van der Waals surface area contributed by atoms with Crippen LogP contribution in [0, 0.1) is 12.7 Å². The normalized spacial score (nSPS) is 20.1. The molecule has 0 aliphatic carbocycles. The molecular formula is C23H31FN6O2. The highest BCUT2D eigenvalue weighted by Crippen LogP contribution is 2.30. The van der Waals surface area contributed by atoms with E-state index in [4.69, 9.17) is 19.4 Å². The summed E-state index contributed by atoms with van der Waals surface area (Å²) in [7, 11) is 0. The van der Waals surface area contributed by atoms with E-state index < -0.39 is 0 Å². The molecule has 32 heavy (non-hydrogen) atoms. The highest BCUT2D eigenvalue weighted by Gasteiger charge is 2.28. The Kier molecular flexibility index (Phi) is 6.27. The third kappa shape index (κ3) is 4.31. The van der Waals surface area contributed by atoms with E-state index in [2.05, 4.69) is 41.0 Å². The second kappa shape index (κ2) is 9.46. The van der Waals surface area contributed by atoms with Crippen molar-refractivity contribution in [1.29, 1.82) is 0 Å². The van der Waals surface area contributed by atoms with Crippen LogP contribution in [0.1, 0.15) is 5.56 Å². The Balaban J connectivity index is 1.41. The van der Waals surface area contributed by atoms with Gasteiger partial charge in [0.05, 0.1) is 26.4 Å². The lowest BCUT2D eigenvalue weighted by molar-refractivity contribution is 0.121. The van der Waals surface area contributed by atoms with Gasteiger partial charge in [-0.1, -0.05) is 18.2 Å². The number of benzene rings is 1. The van der Waals surface area contributed by atoms with Crippen LogP contribution < -0.4 is 19.6 Å². The van der Waals surface area contributed by atoms with E-state index in [1.165, 1.54) is 11.3 Å². The van der Waals surface area contributed by atoms with Crippen LogP contribution in [0.15, 0.2) is 24.3 Å². The minimum atomic E-state index is -0.337. The van der Waals surface area contributed by atoms with Crippen LogP contribution in [0.25, 0.3) is 0 Å². The Morgan fingerprint density at radius 1 is 0.688 bits per heavy atom. The fourth-order valence-electron chi connectivity index (χ4n) is 4.59. The van der Waals surface area contributed by atoms with Gasteiger partial charge in [-0.05, 0) is 18.6 Å². The Morgan fingerprint density at radius 3 is 1.72 bits per heavy atom. The first-order valence-electron chi connectivity index (χ1n) is 11.5. The number of nitrogens with zero attached hydrogens (tertiary/aromatic N) is 6. The molecule has 4 heterocycles. The largest absolute Gasteiger partial charge is 0.378 e. The number of hydrogen-bond donors (Lipinski definition) is 0. The highest BCUT2D eigenvalue weighted by molar-refractivity contribution is 5.59. The molecule has 0 amide bonds. The number of aryl methyl sites for hydroxylation is 1. The molecule has 8 nitrogen and oxygen atoms in total. The fraction of sp³-hybridized carbons (Fsp3) is 0.565. The van der Waals surface area contributed by atoms with Gasteiger partial charge in [0, 0.05) is 58.0 Å². The molecule has 0 bridgehead atoms. The maximum Gasteiger partial charge on any atom is 0.229 e. The maximum atomic E-state index is 15.6. The van der Waals surface area contributed by atoms with Crippen LogP contribution in [-0.4, -0.2) is 88.8 Å². The van der Waals surface area contributed by atoms with Crippen molar-refractivity contribution in [2.45, 2.75) is 6.92 Å². The summed E-state index contributed by atoms with van der Waals surface area (Å²) in [4.78, 5) is 18.0. The van der Waals surface area contributed by atoms with Crippen LogP contribution in [0.3, 0.4) is 0 Å². The molecule has 3 aliphatic rings. The van der Waals surface area contributed by atoms with Crippen molar-refractivity contribution in [3.05, 3.63) is 35.6 Å². The summed E-state index contributed by atoms with van der Waals surface area (Å²) in [6, 6.07) is 8.48. The van der Waals surface area contributed by atoms with E-state index in [-0.39, 0.29) is 5.82 Å². The molecule has 172 valence electrons. The van der Waals surface area contributed by atoms with Crippen molar-refractivity contribution < 1.29 is 13.9 Å². The molecule has 1 aromatic heterocycles. The number of hydrogen-bond acceptors (Lipinski definition) is 8. The van der Waals surface area contributed by atoms with Gasteiger partial charge in [0.1, 0.15) is 0 Å². The molecule has 0 spiro atoms. The van der Waals surface area contributed by atoms with Gasteiger partial charge in [0.25, 0.3) is 0 Å². The number of piperazine rings is 1. The minimum Gasteiger partial charge on any atom is -0.378 e. The van der Waals surface area contributed by atoms with E-state index in [9.17, 15) is 0 Å². The second-order valence-corrected chi connectivity index (χ2v) is 8.44. The summed E-state index contributed by atoms with van der Waals surface area (Å²) in [6.07, 6.45) is 0. The van der Waals surface area contributed by atoms with Gasteiger partial charge in [-0.15, -0.1) is 0 Å². The zero-order valence-electron chi connectivity index (χ0n) is 18.7. The van der Waals surface area contributed by atoms with Gasteiger partial charge in [0.15, 0.2) is 11.6 Å². The zero-order valence-corrected chi connectivity index (χ0v) is 18.7. The molecule has 3 fully saturated rings. The molecule has 0 unspecified atom stereocenters.